The third-order valence-corrected chi connectivity index (χ3v) is 5.92. The number of carbonyl (C=O) groups is 1. The number of carbonyl (C=O) groups excluding carboxylic acids is 1. The van der Waals surface area contributed by atoms with Crippen LogP contribution in [0, 0.1) is 5.92 Å². The smallest absolute Gasteiger partial charge is 0.255 e. The lowest BCUT2D eigenvalue weighted by atomic mass is 9.82. The number of amides is 1. The molecule has 0 aromatic heterocycles. The number of piperidine rings is 1. The van der Waals surface area contributed by atoms with Gasteiger partial charge in [0.2, 0.25) is 0 Å². The molecule has 0 radical (unpaired) electrons. The van der Waals surface area contributed by atoms with Crippen LogP contribution in [0.1, 0.15) is 43.5 Å². The predicted octanol–water partition coefficient (Wildman–Crippen LogP) is 3.05. The molecular weight excluding hydrogens is 352 g/mol. The molecule has 1 aromatic rings. The SMILES string of the molecule is COc1cccc(C(=O)N2CCN3C[C@@](O)(CC(C)C)CC[C@@H]3C2)c1Cl. The minimum atomic E-state index is -0.590. The molecule has 0 saturated carbocycles. The zero-order valence-electron chi connectivity index (χ0n) is 15.9. The molecule has 0 spiro atoms. The maximum absolute atomic E-state index is 13.0. The Morgan fingerprint density at radius 3 is 2.88 bits per heavy atom. The monoisotopic (exact) mass is 380 g/mol. The van der Waals surface area contributed by atoms with Gasteiger partial charge in [0, 0.05) is 32.2 Å². The summed E-state index contributed by atoms with van der Waals surface area (Å²) in [4.78, 5) is 17.2. The molecule has 3 rings (SSSR count). The molecule has 1 amide bonds. The van der Waals surface area contributed by atoms with Crippen LogP contribution in [-0.4, -0.2) is 65.7 Å². The fourth-order valence-corrected chi connectivity index (χ4v) is 4.67. The number of rotatable bonds is 4. The van der Waals surface area contributed by atoms with Crippen LogP contribution < -0.4 is 4.74 Å². The fourth-order valence-electron chi connectivity index (χ4n) is 4.38. The van der Waals surface area contributed by atoms with Crippen LogP contribution in [0.2, 0.25) is 5.02 Å². The van der Waals surface area contributed by atoms with Crippen molar-refractivity contribution in [2.45, 2.75) is 44.8 Å². The Kier molecular flexibility index (Phi) is 5.80. The van der Waals surface area contributed by atoms with Crippen LogP contribution in [0.4, 0.5) is 0 Å². The zero-order chi connectivity index (χ0) is 18.9. The van der Waals surface area contributed by atoms with E-state index in [1.807, 2.05) is 4.90 Å². The largest absolute Gasteiger partial charge is 0.495 e. The third-order valence-electron chi connectivity index (χ3n) is 5.53. The van der Waals surface area contributed by atoms with Gasteiger partial charge in [-0.1, -0.05) is 31.5 Å². The van der Waals surface area contributed by atoms with Gasteiger partial charge in [-0.05, 0) is 37.3 Å². The Morgan fingerprint density at radius 1 is 1.42 bits per heavy atom. The minimum absolute atomic E-state index is 0.0448. The average molecular weight is 381 g/mol. The Labute approximate surface area is 160 Å². The van der Waals surface area contributed by atoms with Gasteiger partial charge in [-0.25, -0.2) is 0 Å². The fraction of sp³-hybridized carbons (Fsp3) is 0.650. The van der Waals surface area contributed by atoms with Crippen molar-refractivity contribution in [2.24, 2.45) is 5.92 Å². The number of nitrogens with zero attached hydrogens (tertiary/aromatic N) is 2. The first kappa shape index (κ1) is 19.5. The van der Waals surface area contributed by atoms with Gasteiger partial charge in [0.1, 0.15) is 5.75 Å². The second-order valence-electron chi connectivity index (χ2n) is 8.06. The molecule has 1 aromatic carbocycles. The molecule has 2 fully saturated rings. The number of methoxy groups -OCH3 is 1. The Bertz CT molecular complexity index is 666. The molecule has 1 N–H and O–H groups in total. The number of aliphatic hydroxyl groups is 1. The van der Waals surface area contributed by atoms with E-state index in [9.17, 15) is 9.90 Å². The van der Waals surface area contributed by atoms with Gasteiger partial charge in [0.15, 0.2) is 0 Å². The second-order valence-corrected chi connectivity index (χ2v) is 8.44. The highest BCUT2D eigenvalue weighted by Gasteiger charge is 2.41. The van der Waals surface area contributed by atoms with E-state index in [0.29, 0.717) is 47.9 Å². The van der Waals surface area contributed by atoms with E-state index in [0.717, 1.165) is 25.8 Å². The second kappa shape index (κ2) is 7.75. The van der Waals surface area contributed by atoms with Gasteiger partial charge in [-0.15, -0.1) is 0 Å². The van der Waals surface area contributed by atoms with E-state index >= 15 is 0 Å². The minimum Gasteiger partial charge on any atom is -0.495 e. The molecule has 26 heavy (non-hydrogen) atoms. The van der Waals surface area contributed by atoms with Crippen LogP contribution in [0.3, 0.4) is 0 Å². The van der Waals surface area contributed by atoms with Gasteiger partial charge in [0.05, 0.1) is 23.3 Å². The summed E-state index contributed by atoms with van der Waals surface area (Å²) in [5, 5.41) is 11.2. The van der Waals surface area contributed by atoms with Gasteiger partial charge < -0.3 is 14.7 Å². The lowest BCUT2D eigenvalue weighted by molar-refractivity contribution is -0.0794. The molecule has 2 aliphatic rings. The molecular formula is C20H29ClN2O3. The third kappa shape index (κ3) is 4.00. The van der Waals surface area contributed by atoms with Crippen LogP contribution in [0.15, 0.2) is 18.2 Å². The molecule has 0 bridgehead atoms. The summed E-state index contributed by atoms with van der Waals surface area (Å²) in [6.07, 6.45) is 2.55. The Morgan fingerprint density at radius 2 is 2.19 bits per heavy atom. The first-order chi connectivity index (χ1) is 12.3. The summed E-state index contributed by atoms with van der Waals surface area (Å²) in [6.45, 7) is 7.14. The van der Waals surface area contributed by atoms with Crippen molar-refractivity contribution < 1.29 is 14.6 Å². The van der Waals surface area contributed by atoms with Crippen LogP contribution in [0.25, 0.3) is 0 Å². The van der Waals surface area contributed by atoms with E-state index in [1.54, 1.807) is 25.3 Å². The quantitative estimate of drug-likeness (QED) is 0.872. The zero-order valence-corrected chi connectivity index (χ0v) is 16.6. The normalized spacial score (nSPS) is 26.7. The van der Waals surface area contributed by atoms with Gasteiger partial charge >= 0.3 is 0 Å². The predicted molar refractivity (Wildman–Crippen MR) is 103 cm³/mol. The van der Waals surface area contributed by atoms with E-state index in [-0.39, 0.29) is 5.91 Å². The highest BCUT2D eigenvalue weighted by molar-refractivity contribution is 6.35. The number of piperazine rings is 1. The van der Waals surface area contributed by atoms with Gasteiger partial charge in [-0.2, -0.15) is 0 Å². The van der Waals surface area contributed by atoms with Crippen LogP contribution in [0.5, 0.6) is 5.75 Å². The molecule has 144 valence electrons. The highest BCUT2D eigenvalue weighted by Crippen LogP contribution is 2.34. The maximum atomic E-state index is 13.0. The first-order valence-electron chi connectivity index (χ1n) is 9.41. The molecule has 2 aliphatic heterocycles. The van der Waals surface area contributed by atoms with Crippen LogP contribution >= 0.6 is 11.6 Å². The van der Waals surface area contributed by atoms with Crippen molar-refractivity contribution in [3.05, 3.63) is 28.8 Å². The maximum Gasteiger partial charge on any atom is 0.255 e. The van der Waals surface area contributed by atoms with E-state index in [4.69, 9.17) is 16.3 Å². The highest BCUT2D eigenvalue weighted by atomic mass is 35.5. The molecule has 5 nitrogen and oxygen atoms in total. The standard InChI is InChI=1S/C20H29ClN2O3/c1-14(2)11-20(25)8-7-15-12-22(9-10-23(15)13-20)19(24)16-5-4-6-17(26-3)18(16)21/h4-6,14-15,25H,7-13H2,1-3H3/t15-,20+/m1/s1. The first-order valence-corrected chi connectivity index (χ1v) is 9.79. The number of hydrogen-bond donors (Lipinski definition) is 1. The topological polar surface area (TPSA) is 53.0 Å². The molecule has 2 saturated heterocycles. The van der Waals surface area contributed by atoms with Gasteiger partial charge in [-0.3, -0.25) is 9.69 Å². The summed E-state index contributed by atoms with van der Waals surface area (Å²) in [6, 6.07) is 5.61. The van der Waals surface area contributed by atoms with E-state index in [1.165, 1.54) is 0 Å². The molecule has 2 heterocycles. The average Bonchev–Trinajstić information content (AvgIpc) is 2.60. The number of fused-ring (bicyclic) bond motifs is 1. The summed E-state index contributed by atoms with van der Waals surface area (Å²) >= 11 is 6.33. The molecule has 2 atom stereocenters. The Hall–Kier alpha value is -1.30. The summed E-state index contributed by atoms with van der Waals surface area (Å²) < 4.78 is 5.22. The van der Waals surface area contributed by atoms with Gasteiger partial charge in [0.25, 0.3) is 5.91 Å². The van der Waals surface area contributed by atoms with E-state index in [2.05, 4.69) is 18.7 Å². The number of halogens is 1. The lowest BCUT2D eigenvalue weighted by Crippen LogP contribution is -2.61. The number of ether oxygens (including phenoxy) is 1. The number of hydrogen-bond acceptors (Lipinski definition) is 4. The van der Waals surface area contributed by atoms with Crippen molar-refractivity contribution >= 4 is 17.5 Å². The summed E-state index contributed by atoms with van der Waals surface area (Å²) in [5.41, 5.74) is -0.0981. The molecule has 0 aliphatic carbocycles. The molecule has 6 heteroatoms. The van der Waals surface area contributed by atoms with Crippen molar-refractivity contribution in [1.82, 2.24) is 9.80 Å². The van der Waals surface area contributed by atoms with Crippen molar-refractivity contribution in [3.8, 4) is 5.75 Å². The Balaban J connectivity index is 1.67. The summed E-state index contributed by atoms with van der Waals surface area (Å²) in [5.74, 6) is 0.957. The van der Waals surface area contributed by atoms with Crippen molar-refractivity contribution in [1.29, 1.82) is 0 Å². The van der Waals surface area contributed by atoms with Crippen molar-refractivity contribution in [2.75, 3.05) is 33.3 Å². The number of benzene rings is 1. The lowest BCUT2D eigenvalue weighted by Gasteiger charge is -2.49. The van der Waals surface area contributed by atoms with E-state index < -0.39 is 5.60 Å². The van der Waals surface area contributed by atoms with Crippen molar-refractivity contribution in [3.63, 3.8) is 0 Å². The molecule has 0 unspecified atom stereocenters. The summed E-state index contributed by atoms with van der Waals surface area (Å²) in [7, 11) is 1.55. The van der Waals surface area contributed by atoms with Crippen LogP contribution in [-0.2, 0) is 0 Å².